The van der Waals surface area contributed by atoms with Gasteiger partial charge in [0.1, 0.15) is 0 Å². The summed E-state index contributed by atoms with van der Waals surface area (Å²) >= 11 is 0. The Morgan fingerprint density at radius 1 is 1.75 bits per heavy atom. The molecular weight excluding hydrogens is 286 g/mol. The molecule has 0 bridgehead atoms. The molecule has 0 atom stereocenters. The smallest absolute Gasteiger partial charge is 0 e. The minimum atomic E-state index is 0. The van der Waals surface area contributed by atoms with Gasteiger partial charge in [0.05, 0.1) is 0 Å². The first kappa shape index (κ1) is 8.82. The van der Waals surface area contributed by atoms with Crippen molar-refractivity contribution in [1.29, 1.82) is 0 Å². The van der Waals surface area contributed by atoms with Crippen molar-refractivity contribution in [1.82, 2.24) is 0 Å². The molecule has 0 aromatic rings. The molecule has 0 saturated carbocycles. The third-order valence-electron chi connectivity index (χ3n) is 0. The Kier molecular flexibility index (Phi) is 21.7. The van der Waals surface area contributed by atoms with Crippen LogP contribution in [0.1, 0.15) is 0 Å². The molecule has 1 amide bonds. The number of hydrogen-bond acceptors (Lipinski definition) is 1. The quantitative estimate of drug-likeness (QED) is 0.451. The third-order valence-corrected chi connectivity index (χ3v) is 0. The van der Waals surface area contributed by atoms with Crippen LogP contribution >= 0.6 is 0 Å². The first-order valence-corrected chi connectivity index (χ1v) is 0.493. The predicted octanol–water partition coefficient (Wildman–Crippen LogP) is -0.988. The number of carbonyl (C=O) groups excluding carboxylic acids is 1. The van der Waals surface area contributed by atoms with E-state index in [9.17, 15) is 0 Å². The maximum atomic E-state index is 8.46. The number of nitrogens with two attached hydrogens (primary N) is 1. The van der Waals surface area contributed by atoms with Gasteiger partial charge in [-0.15, -0.1) is 0 Å². The van der Waals surface area contributed by atoms with Crippen molar-refractivity contribution in [2.75, 3.05) is 0 Å². The van der Waals surface area contributed by atoms with E-state index in [1.807, 2.05) is 0 Å². The summed E-state index contributed by atoms with van der Waals surface area (Å²) in [6, 6.07) is 0. The normalized spacial score (nSPS) is 3.00. The molecule has 0 unspecified atom stereocenters. The van der Waals surface area contributed by atoms with Crippen molar-refractivity contribution < 1.29 is 34.0 Å². The van der Waals surface area contributed by atoms with Gasteiger partial charge in [-0.25, -0.2) is 0 Å². The number of primary amides is 1. The Bertz CT molecular complexity index is 15.5. The van der Waals surface area contributed by atoms with Crippen LogP contribution in [0.25, 0.3) is 0 Å². The number of rotatable bonds is 0. The van der Waals surface area contributed by atoms with E-state index >= 15 is 0 Å². The van der Waals surface area contributed by atoms with E-state index in [2.05, 4.69) is 5.73 Å². The van der Waals surface area contributed by atoms with Gasteiger partial charge >= 0.3 is 0 Å². The maximum Gasteiger partial charge on any atom is 0 e. The van der Waals surface area contributed by atoms with Crippen molar-refractivity contribution in [3.63, 3.8) is 0 Å². The Labute approximate surface area is 46.3 Å². The van der Waals surface area contributed by atoms with Gasteiger partial charge in [0.2, 0.25) is 0 Å². The van der Waals surface area contributed by atoms with Crippen molar-refractivity contribution >= 4 is 6.41 Å². The molecule has 0 aromatic carbocycles. The molecule has 0 rings (SSSR count). The zero-order valence-electron chi connectivity index (χ0n) is 1.89. The van der Waals surface area contributed by atoms with Crippen molar-refractivity contribution in [2.45, 2.75) is 0 Å². The first-order chi connectivity index (χ1) is 1.41. The molecule has 0 aliphatic heterocycles. The second kappa shape index (κ2) is 9.83. The van der Waals surface area contributed by atoms with Crippen molar-refractivity contribution in [2.24, 2.45) is 5.73 Å². The summed E-state index contributed by atoms with van der Waals surface area (Å²) in [5.74, 6) is 0. The van der Waals surface area contributed by atoms with Crippen LogP contribution < -0.4 is 5.73 Å². The predicted molar refractivity (Wildman–Crippen MR) is 9.88 cm³/mol. The summed E-state index contributed by atoms with van der Waals surface area (Å²) in [6.45, 7) is 0. The van der Waals surface area contributed by atoms with Gasteiger partial charge in [-0.05, 0) is 0 Å². The standard InChI is InChI=1S/CH2NO.Pu/c2-1-3;/h(H2,2,3);/q-1;. The van der Waals surface area contributed by atoms with Gasteiger partial charge in [-0.2, -0.15) is 6.41 Å². The topological polar surface area (TPSA) is 43.1 Å². The number of hydrogen-bond donors (Lipinski definition) is 1. The molecular formula is CH2NOPu-. The van der Waals surface area contributed by atoms with Crippen LogP contribution in [0.4, 0.5) is 0 Å². The van der Waals surface area contributed by atoms with Crippen molar-refractivity contribution in [3.05, 3.63) is 0 Å². The fraction of sp³-hybridized carbons (Fsp3) is 0. The zero-order valence-corrected chi connectivity index (χ0v) is 5.29. The largest absolute Gasteiger partial charge is 0.543 e. The van der Waals surface area contributed by atoms with E-state index in [0.717, 1.165) is 6.41 Å². The molecule has 0 fully saturated rings. The maximum absolute atomic E-state index is 8.46. The summed E-state index contributed by atoms with van der Waals surface area (Å²) in [5, 5.41) is 0. The molecule has 24 valence electrons. The molecule has 0 aliphatic rings. The van der Waals surface area contributed by atoms with E-state index in [1.54, 1.807) is 0 Å². The van der Waals surface area contributed by atoms with Crippen LogP contribution in [0.2, 0.25) is 0 Å². The fourth-order valence-electron chi connectivity index (χ4n) is 0. The third kappa shape index (κ3) is 25.0. The number of amides is 1. The van der Waals surface area contributed by atoms with E-state index < -0.39 is 0 Å². The van der Waals surface area contributed by atoms with Crippen LogP contribution in [0.3, 0.4) is 0 Å². The first-order valence-electron chi connectivity index (χ1n) is 0.493. The molecule has 0 saturated heterocycles. The Morgan fingerprint density at radius 2 is 1.75 bits per heavy atom. The monoisotopic (exact) mass is 282 g/mol. The molecule has 3 heteroatoms. The van der Waals surface area contributed by atoms with E-state index in [0.29, 0.717) is 0 Å². The molecule has 0 spiro atoms. The van der Waals surface area contributed by atoms with Gasteiger partial charge in [-0.3, -0.25) is 0 Å². The fourth-order valence-corrected chi connectivity index (χ4v) is 0. The second-order valence-corrected chi connectivity index (χ2v) is 0.118. The summed E-state index contributed by atoms with van der Waals surface area (Å²) in [6.07, 6.45) is 1.00. The molecule has 0 aromatic heterocycles. The average Bonchev–Trinajstić information content (AvgIpc) is 0.918. The Balaban J connectivity index is 0. The average molecular weight is 288 g/mol. The minimum absolute atomic E-state index is 0. The molecule has 0 aliphatic carbocycles. The van der Waals surface area contributed by atoms with Crippen molar-refractivity contribution in [3.8, 4) is 0 Å². The molecule has 0 radical (unpaired) electrons. The zero-order chi connectivity index (χ0) is 2.71. The van der Waals surface area contributed by atoms with Crippen LogP contribution in [-0.4, -0.2) is 6.41 Å². The Morgan fingerprint density at radius 3 is 1.75 bits per heavy atom. The molecule has 2 N–H and O–H groups in total. The van der Waals surface area contributed by atoms with Crippen LogP contribution in [0, 0.1) is 29.2 Å². The molecule has 0 heterocycles. The summed E-state index contributed by atoms with van der Waals surface area (Å²) in [5.41, 5.74) is 4.04. The van der Waals surface area contributed by atoms with Gasteiger partial charge in [0.15, 0.2) is 0 Å². The summed E-state index contributed by atoms with van der Waals surface area (Å²) in [7, 11) is 0. The van der Waals surface area contributed by atoms with E-state index in [4.69, 9.17) is 4.79 Å². The Hall–Kier alpha value is 0.457. The van der Waals surface area contributed by atoms with E-state index in [-0.39, 0.29) is 29.2 Å². The van der Waals surface area contributed by atoms with Gasteiger partial charge in [0.25, 0.3) is 0 Å². The van der Waals surface area contributed by atoms with Gasteiger partial charge < -0.3 is 10.5 Å². The van der Waals surface area contributed by atoms with E-state index in [1.165, 1.54) is 0 Å². The molecule has 2 nitrogen and oxygen atoms in total. The van der Waals surface area contributed by atoms with Gasteiger partial charge in [0, 0.05) is 29.2 Å². The summed E-state index contributed by atoms with van der Waals surface area (Å²) in [4.78, 5) is 8.46. The summed E-state index contributed by atoms with van der Waals surface area (Å²) < 4.78 is 0. The second-order valence-electron chi connectivity index (χ2n) is 0.118. The van der Waals surface area contributed by atoms with Crippen LogP contribution in [0.5, 0.6) is 0 Å². The SMILES string of the molecule is N[C-]=O.[Pu]. The van der Waals surface area contributed by atoms with Crippen LogP contribution in [-0.2, 0) is 4.79 Å². The van der Waals surface area contributed by atoms with Gasteiger partial charge in [-0.1, -0.05) is 0 Å². The minimum Gasteiger partial charge on any atom is -0.543 e. The molecule has 4 heavy (non-hydrogen) atoms. The van der Waals surface area contributed by atoms with Crippen LogP contribution in [0.15, 0.2) is 0 Å².